The summed E-state index contributed by atoms with van der Waals surface area (Å²) < 4.78 is 0. The molecule has 0 bridgehead atoms. The van der Waals surface area contributed by atoms with E-state index in [0.717, 1.165) is 56.4 Å². The molecule has 3 nitrogen and oxygen atoms in total. The van der Waals surface area contributed by atoms with Crippen molar-refractivity contribution in [2.75, 3.05) is 9.80 Å². The van der Waals surface area contributed by atoms with Crippen LogP contribution in [-0.2, 0) is 10.8 Å². The topological polar surface area (TPSA) is 23.6 Å². The Morgan fingerprint density at radius 2 is 0.488 bits per heavy atom. The number of carbonyl (C=O) groups is 1. The van der Waals surface area contributed by atoms with E-state index in [2.05, 4.69) is 325 Å². The lowest BCUT2D eigenvalue weighted by Gasteiger charge is -2.33. The largest absolute Gasteiger partial charge is 0.310 e. The Balaban J connectivity index is 0.867. The van der Waals surface area contributed by atoms with Gasteiger partial charge in [-0.05, 0) is 195 Å². The molecule has 18 rings (SSSR count). The first kappa shape index (κ1) is 48.4. The molecule has 86 heavy (non-hydrogen) atoms. The Hall–Kier alpha value is -11.1. The van der Waals surface area contributed by atoms with Crippen LogP contribution in [0.2, 0.25) is 0 Å². The van der Waals surface area contributed by atoms with E-state index in [0.29, 0.717) is 11.1 Å². The van der Waals surface area contributed by atoms with E-state index in [1.807, 2.05) is 0 Å². The zero-order valence-corrected chi connectivity index (χ0v) is 46.8. The number of ketones is 1. The fraction of sp³-hybridized carbons (Fsp3) is 0.0241. The first-order valence-electron chi connectivity index (χ1n) is 29.8. The molecule has 400 valence electrons. The maximum Gasteiger partial charge on any atom is 0.193 e. The van der Waals surface area contributed by atoms with E-state index in [1.165, 1.54) is 88.3 Å². The highest BCUT2D eigenvalue weighted by atomic mass is 16.1. The van der Waals surface area contributed by atoms with Gasteiger partial charge in [-0.2, -0.15) is 0 Å². The number of para-hydroxylation sites is 2. The van der Waals surface area contributed by atoms with E-state index in [9.17, 15) is 0 Å². The highest BCUT2D eigenvalue weighted by Crippen LogP contribution is 2.66. The van der Waals surface area contributed by atoms with E-state index in [4.69, 9.17) is 0 Å². The maximum atomic E-state index is 16.1. The normalized spacial score (nSPS) is 13.6. The Morgan fingerprint density at radius 1 is 0.209 bits per heavy atom. The van der Waals surface area contributed by atoms with Crippen molar-refractivity contribution in [3.63, 3.8) is 0 Å². The van der Waals surface area contributed by atoms with Crippen LogP contribution in [-0.4, -0.2) is 5.78 Å². The molecule has 14 aromatic rings. The van der Waals surface area contributed by atoms with Gasteiger partial charge in [0.25, 0.3) is 0 Å². The summed E-state index contributed by atoms with van der Waals surface area (Å²) in [5.41, 5.74) is 25.3. The molecule has 3 heteroatoms. The molecule has 0 aromatic heterocycles. The molecular weight excluding hydrogens is 1040 g/mol. The third-order valence-corrected chi connectivity index (χ3v) is 19.2. The number of fused-ring (bicyclic) bond motifs is 22. The van der Waals surface area contributed by atoms with E-state index >= 15 is 4.79 Å². The summed E-state index contributed by atoms with van der Waals surface area (Å²) in [6.07, 6.45) is 0. The number of nitrogens with zero attached hydrogens (tertiary/aromatic N) is 2. The summed E-state index contributed by atoms with van der Waals surface area (Å²) >= 11 is 0. The Labute approximate surface area is 499 Å². The molecule has 0 unspecified atom stereocenters. The summed E-state index contributed by atoms with van der Waals surface area (Å²) in [6, 6.07) is 115. The Morgan fingerprint density at radius 3 is 0.884 bits per heavy atom. The Kier molecular flexibility index (Phi) is 10.4. The first-order valence-corrected chi connectivity index (χ1v) is 29.8. The number of hydrogen-bond acceptors (Lipinski definition) is 3. The summed E-state index contributed by atoms with van der Waals surface area (Å²) in [6.45, 7) is 0. The van der Waals surface area contributed by atoms with Crippen molar-refractivity contribution >= 4 is 61.5 Å². The second-order valence-corrected chi connectivity index (χ2v) is 23.4. The van der Waals surface area contributed by atoms with Gasteiger partial charge >= 0.3 is 0 Å². The highest BCUT2D eigenvalue weighted by molar-refractivity contribution is 6.11. The van der Waals surface area contributed by atoms with Crippen LogP contribution >= 0.6 is 0 Å². The molecular formula is C83H52N2O. The number of benzene rings is 14. The van der Waals surface area contributed by atoms with Gasteiger partial charge in [0.05, 0.1) is 10.8 Å². The second-order valence-electron chi connectivity index (χ2n) is 23.4. The summed E-state index contributed by atoms with van der Waals surface area (Å²) in [5.74, 6) is -0.00793. The molecule has 0 heterocycles. The van der Waals surface area contributed by atoms with E-state index in [-0.39, 0.29) is 5.78 Å². The van der Waals surface area contributed by atoms with Crippen LogP contribution in [0, 0.1) is 0 Å². The smallest absolute Gasteiger partial charge is 0.193 e. The monoisotopic (exact) mass is 1090 g/mol. The molecule has 0 fully saturated rings. The maximum absolute atomic E-state index is 16.1. The zero-order chi connectivity index (χ0) is 56.7. The number of anilines is 6. The standard InChI is InChI=1S/C83H52N2O/c86-81(57-37-43-69-67-29-13-17-33-75(67)82(77(69)49-57)73-31-15-11-27-65(73)66-28-12-16-32-74(66)82)58-38-44-70-68-30-14-18-34-76(68)83(78(70)50-58)79-51-63(84(59-23-3-1-4-24-59)61-39-35-53-19-7-9-21-55(53)47-61)41-45-71(79)72-46-42-64(52-80(72)83)85(60-25-5-2-6-26-60)62-40-36-54-20-8-10-22-56(54)48-62/h1-52H. The van der Waals surface area contributed by atoms with Gasteiger partial charge in [0.15, 0.2) is 5.78 Å². The third-order valence-electron chi connectivity index (χ3n) is 19.2. The first-order chi connectivity index (χ1) is 42.6. The van der Waals surface area contributed by atoms with Gasteiger partial charge < -0.3 is 9.80 Å². The van der Waals surface area contributed by atoms with Gasteiger partial charge in [-0.25, -0.2) is 0 Å². The summed E-state index contributed by atoms with van der Waals surface area (Å²) in [4.78, 5) is 20.9. The van der Waals surface area contributed by atoms with Crippen molar-refractivity contribution in [2.24, 2.45) is 0 Å². The van der Waals surface area contributed by atoms with Crippen LogP contribution in [0.15, 0.2) is 315 Å². The minimum atomic E-state index is -0.850. The molecule has 0 N–H and O–H groups in total. The zero-order valence-electron chi connectivity index (χ0n) is 46.8. The van der Waals surface area contributed by atoms with Gasteiger partial charge in [-0.15, -0.1) is 0 Å². The molecule has 0 radical (unpaired) electrons. The van der Waals surface area contributed by atoms with Crippen molar-refractivity contribution in [3.05, 3.63) is 371 Å². The van der Waals surface area contributed by atoms with Crippen molar-refractivity contribution < 1.29 is 4.79 Å². The fourth-order valence-electron chi connectivity index (χ4n) is 15.7. The van der Waals surface area contributed by atoms with Gasteiger partial charge in [0.2, 0.25) is 0 Å². The average molecular weight is 1090 g/mol. The van der Waals surface area contributed by atoms with Gasteiger partial charge in [0, 0.05) is 45.3 Å². The van der Waals surface area contributed by atoms with Crippen LogP contribution in [0.25, 0.3) is 66.1 Å². The van der Waals surface area contributed by atoms with Crippen molar-refractivity contribution in [3.8, 4) is 44.5 Å². The lowest BCUT2D eigenvalue weighted by molar-refractivity contribution is 0.103. The number of hydrogen-bond donors (Lipinski definition) is 0. The number of rotatable bonds is 8. The van der Waals surface area contributed by atoms with Crippen LogP contribution in [0.3, 0.4) is 0 Å². The summed E-state index contributed by atoms with van der Waals surface area (Å²) in [5, 5.41) is 4.74. The van der Waals surface area contributed by atoms with Gasteiger partial charge in [0.1, 0.15) is 0 Å². The van der Waals surface area contributed by atoms with Crippen LogP contribution in [0.4, 0.5) is 34.1 Å². The third kappa shape index (κ3) is 6.71. The fourth-order valence-corrected chi connectivity index (χ4v) is 15.7. The Bertz CT molecular complexity index is 4940. The highest BCUT2D eigenvalue weighted by Gasteiger charge is 2.54. The van der Waals surface area contributed by atoms with Gasteiger partial charge in [-0.3, -0.25) is 4.79 Å². The van der Waals surface area contributed by atoms with Crippen molar-refractivity contribution in [2.45, 2.75) is 10.8 Å². The molecule has 0 atom stereocenters. The molecule has 0 saturated heterocycles. The van der Waals surface area contributed by atoms with Crippen LogP contribution in [0.5, 0.6) is 0 Å². The number of carbonyl (C=O) groups excluding carboxylic acids is 1. The molecule has 0 saturated carbocycles. The SMILES string of the molecule is O=C(c1ccc2c(c1)C1(c3ccccc3-c3ccccc31)c1ccccc1-2)c1ccc2c(c1)C1(c3ccccc3-2)c2cc(N(c3ccccc3)c3ccc4ccccc4c3)ccc2-c2ccc(N(c3ccccc3)c3ccc4ccccc4c3)cc21. The lowest BCUT2D eigenvalue weighted by atomic mass is 9.69. The van der Waals surface area contributed by atoms with Crippen molar-refractivity contribution in [1.29, 1.82) is 0 Å². The molecule has 4 aliphatic rings. The summed E-state index contributed by atoms with van der Waals surface area (Å²) in [7, 11) is 0. The van der Waals surface area contributed by atoms with Crippen LogP contribution < -0.4 is 9.80 Å². The molecule has 4 aliphatic carbocycles. The van der Waals surface area contributed by atoms with Crippen molar-refractivity contribution in [1.82, 2.24) is 0 Å². The van der Waals surface area contributed by atoms with E-state index in [1.54, 1.807) is 0 Å². The van der Waals surface area contributed by atoms with Gasteiger partial charge in [-0.1, -0.05) is 231 Å². The minimum absolute atomic E-state index is 0.00793. The predicted molar refractivity (Wildman–Crippen MR) is 353 cm³/mol. The second kappa shape index (κ2) is 18.4. The van der Waals surface area contributed by atoms with E-state index < -0.39 is 10.8 Å². The quantitative estimate of drug-likeness (QED) is 0.142. The molecule has 0 aliphatic heterocycles. The minimum Gasteiger partial charge on any atom is -0.310 e. The molecule has 0 amide bonds. The average Bonchev–Trinajstić information content (AvgIpc) is 1.56. The predicted octanol–water partition coefficient (Wildman–Crippen LogP) is 20.9. The lowest BCUT2D eigenvalue weighted by Crippen LogP contribution is -2.27. The van der Waals surface area contributed by atoms with Crippen LogP contribution in [0.1, 0.15) is 60.4 Å². The molecule has 2 spiro atoms. The molecule has 14 aromatic carbocycles.